The number of carbonyl (C=O) groups excluding carboxylic acids is 2. The lowest BCUT2D eigenvalue weighted by atomic mass is 10.1. The Kier molecular flexibility index (Phi) is 36.1. The first-order valence-corrected chi connectivity index (χ1v) is 26.1. The quantitative estimate of drug-likeness (QED) is 0.0148. The fourth-order valence-corrected chi connectivity index (χ4v) is 6.92. The molecule has 64 heavy (non-hydrogen) atoms. The van der Waals surface area contributed by atoms with Crippen LogP contribution in [0.1, 0.15) is 142 Å². The van der Waals surface area contributed by atoms with E-state index in [1.54, 1.807) is 0 Å². The highest BCUT2D eigenvalue weighted by atomic mass is 31.2. The molecule has 16 heteroatoms. The van der Waals surface area contributed by atoms with E-state index >= 15 is 0 Å². The maximum absolute atomic E-state index is 12.7. The van der Waals surface area contributed by atoms with Crippen molar-refractivity contribution in [2.24, 2.45) is 0 Å². The second-order valence-electron chi connectivity index (χ2n) is 15.4. The van der Waals surface area contributed by atoms with E-state index in [1.807, 2.05) is 18.2 Å². The lowest BCUT2D eigenvalue weighted by molar-refractivity contribution is -0.161. The largest absolute Gasteiger partial charge is 0.472 e. The van der Waals surface area contributed by atoms with E-state index < -0.39 is 66.2 Å². The Hall–Kier alpha value is -3.00. The van der Waals surface area contributed by atoms with Crippen molar-refractivity contribution in [2.75, 3.05) is 26.4 Å². The summed E-state index contributed by atoms with van der Waals surface area (Å²) in [7, 11) is -9.74. The molecule has 0 aromatic carbocycles. The third kappa shape index (κ3) is 39.4. The summed E-state index contributed by atoms with van der Waals surface area (Å²) >= 11 is 0. The molecule has 1 fully saturated rings. The zero-order valence-electron chi connectivity index (χ0n) is 38.3. The number of aliphatic hydroxyl groups excluding tert-OH is 1. The van der Waals surface area contributed by atoms with Gasteiger partial charge in [0.2, 0.25) is 0 Å². The minimum Gasteiger partial charge on any atom is -0.462 e. The molecule has 0 aromatic heterocycles. The predicted octanol–water partition coefficient (Wildman–Crippen LogP) is 11.1. The second kappa shape index (κ2) is 39.2. The first kappa shape index (κ1) is 59.0. The first-order chi connectivity index (χ1) is 30.8. The maximum Gasteiger partial charge on any atom is 0.472 e. The minimum atomic E-state index is -4.89. The second-order valence-corrected chi connectivity index (χ2v) is 18.0. The third-order valence-corrected chi connectivity index (χ3v) is 10.8. The molecule has 4 N–H and O–H groups in total. The SMILES string of the molecule is CCCCC/C=C\C/C=C\C/C=C\C/C=C\C/C=C\CCC(=O)O[C@H](COC(=O)CCCC1OC1C/C=C\C/C=C\C/C=C\CCCCC)COP(=O)(O)OC[C@@H](O)COP(=O)(O)O. The van der Waals surface area contributed by atoms with Gasteiger partial charge in [-0.15, -0.1) is 0 Å². The van der Waals surface area contributed by atoms with Gasteiger partial charge >= 0.3 is 27.6 Å². The summed E-state index contributed by atoms with van der Waals surface area (Å²) < 4.78 is 53.5. The summed E-state index contributed by atoms with van der Waals surface area (Å²) in [6.45, 7) is 1.52. The van der Waals surface area contributed by atoms with Gasteiger partial charge in [0.05, 0.1) is 32.0 Å². The number of epoxide rings is 1. The molecule has 1 rings (SSSR count). The van der Waals surface area contributed by atoms with Crippen LogP contribution in [0.4, 0.5) is 0 Å². The zero-order chi connectivity index (χ0) is 47.0. The lowest BCUT2D eigenvalue weighted by Crippen LogP contribution is -2.29. The number of phosphoric acid groups is 2. The standard InChI is InChI=1S/C48H78O14P2/c1-3-5-7-9-11-13-15-17-18-19-20-21-22-23-25-27-29-31-33-37-48(51)61-44(42-60-64(55,56)59-40-43(49)39-58-63(52,53)54)41-57-47(50)38-34-36-46-45(62-46)35-32-30-28-26-24-16-14-12-10-8-6-4-2/h11-14,17-18,20-21,23-26,29-32,43-46,49H,3-10,15-16,19,22,27-28,33-42H2,1-2H3,(H,55,56)(H2,52,53,54)/b13-11-,14-12-,18-17-,21-20-,25-23-,26-24-,31-29-,32-30-/t43-,44+,45?,46?/m0/s1. The van der Waals surface area contributed by atoms with Gasteiger partial charge in [0.25, 0.3) is 0 Å². The molecule has 1 aliphatic heterocycles. The molecule has 5 atom stereocenters. The highest BCUT2D eigenvalue weighted by molar-refractivity contribution is 7.47. The Morgan fingerprint density at radius 2 is 1.02 bits per heavy atom. The van der Waals surface area contributed by atoms with Crippen LogP contribution in [0.25, 0.3) is 0 Å². The van der Waals surface area contributed by atoms with Crippen molar-refractivity contribution in [1.82, 2.24) is 0 Å². The molecule has 0 saturated carbocycles. The normalized spacial score (nSPS) is 18.0. The van der Waals surface area contributed by atoms with Gasteiger partial charge in [-0.1, -0.05) is 137 Å². The smallest absolute Gasteiger partial charge is 0.462 e. The molecule has 0 bridgehead atoms. The molecule has 0 amide bonds. The van der Waals surface area contributed by atoms with Crippen molar-refractivity contribution < 1.29 is 66.3 Å². The summed E-state index contributed by atoms with van der Waals surface area (Å²) in [4.78, 5) is 52.9. The van der Waals surface area contributed by atoms with Crippen molar-refractivity contribution in [1.29, 1.82) is 0 Å². The number of hydrogen-bond acceptors (Lipinski definition) is 11. The average molecular weight is 941 g/mol. The van der Waals surface area contributed by atoms with Gasteiger partial charge in [-0.2, -0.15) is 0 Å². The van der Waals surface area contributed by atoms with E-state index in [9.17, 15) is 28.7 Å². The highest BCUT2D eigenvalue weighted by Gasteiger charge is 2.36. The van der Waals surface area contributed by atoms with Crippen molar-refractivity contribution in [3.05, 3.63) is 97.2 Å². The van der Waals surface area contributed by atoms with Gasteiger partial charge in [0, 0.05) is 12.8 Å². The first-order valence-electron chi connectivity index (χ1n) is 23.1. The van der Waals surface area contributed by atoms with E-state index in [-0.39, 0.29) is 25.0 Å². The van der Waals surface area contributed by atoms with Gasteiger partial charge in [-0.05, 0) is 89.9 Å². The topological polar surface area (TPSA) is 208 Å². The molecule has 3 unspecified atom stereocenters. The molecular formula is C48H78O14P2. The summed E-state index contributed by atoms with van der Waals surface area (Å²) in [5.41, 5.74) is 0. The average Bonchev–Trinajstić information content (AvgIpc) is 4.01. The van der Waals surface area contributed by atoms with Crippen molar-refractivity contribution in [2.45, 2.75) is 167 Å². The molecule has 14 nitrogen and oxygen atoms in total. The number of ether oxygens (including phenoxy) is 3. The highest BCUT2D eigenvalue weighted by Crippen LogP contribution is 2.44. The summed E-state index contributed by atoms with van der Waals surface area (Å²) in [5.74, 6) is -1.21. The van der Waals surface area contributed by atoms with Crippen molar-refractivity contribution in [3.63, 3.8) is 0 Å². The predicted molar refractivity (Wildman–Crippen MR) is 252 cm³/mol. The van der Waals surface area contributed by atoms with Crippen molar-refractivity contribution in [3.8, 4) is 0 Å². The van der Waals surface area contributed by atoms with Gasteiger partial charge in [0.1, 0.15) is 12.7 Å². The number of hydrogen-bond donors (Lipinski definition) is 4. The van der Waals surface area contributed by atoms with Crippen molar-refractivity contribution >= 4 is 27.6 Å². The van der Waals surface area contributed by atoms with E-state index in [4.69, 9.17) is 28.5 Å². The van der Waals surface area contributed by atoms with E-state index in [1.165, 1.54) is 38.5 Å². The van der Waals surface area contributed by atoms with Crippen LogP contribution >= 0.6 is 15.6 Å². The zero-order valence-corrected chi connectivity index (χ0v) is 40.1. The Morgan fingerprint density at radius 3 is 1.53 bits per heavy atom. The van der Waals surface area contributed by atoms with E-state index in [2.05, 4.69) is 102 Å². The molecular weight excluding hydrogens is 862 g/mol. The lowest BCUT2D eigenvalue weighted by Gasteiger charge is -2.20. The van der Waals surface area contributed by atoms with Gasteiger partial charge in [0.15, 0.2) is 6.10 Å². The third-order valence-electron chi connectivity index (χ3n) is 9.37. The van der Waals surface area contributed by atoms with Crippen LogP contribution in [0.15, 0.2) is 97.2 Å². The molecule has 0 aromatic rings. The molecule has 0 spiro atoms. The Labute approximate surface area is 383 Å². The van der Waals surface area contributed by atoms with Gasteiger partial charge < -0.3 is 34.0 Å². The van der Waals surface area contributed by atoms with E-state index in [0.717, 1.165) is 51.4 Å². The number of aliphatic hydroxyl groups is 1. The summed E-state index contributed by atoms with van der Waals surface area (Å²) in [6, 6.07) is 0. The Balaban J connectivity index is 2.46. The Morgan fingerprint density at radius 1 is 0.547 bits per heavy atom. The van der Waals surface area contributed by atoms with E-state index in [0.29, 0.717) is 25.7 Å². The van der Waals surface area contributed by atoms with Crippen LogP contribution in [0, 0.1) is 0 Å². The Bertz CT molecular complexity index is 1560. The fourth-order valence-electron chi connectivity index (χ4n) is 5.77. The number of rotatable bonds is 41. The minimum absolute atomic E-state index is 0.0140. The number of unbranched alkanes of at least 4 members (excludes halogenated alkanes) is 6. The van der Waals surface area contributed by atoms with Crippen LogP contribution in [-0.4, -0.2) is 82.6 Å². The number of phosphoric ester groups is 2. The monoisotopic (exact) mass is 940 g/mol. The summed E-state index contributed by atoms with van der Waals surface area (Å²) in [6.07, 6.45) is 48.6. The number of allylic oxidation sites excluding steroid dienone is 15. The number of carbonyl (C=O) groups is 2. The van der Waals surface area contributed by atoms with Crippen LogP contribution in [-0.2, 0) is 46.5 Å². The fraction of sp³-hybridized carbons (Fsp3) is 0.625. The van der Waals surface area contributed by atoms with Crippen LogP contribution in [0.3, 0.4) is 0 Å². The molecule has 1 aliphatic rings. The number of esters is 2. The molecule has 0 radical (unpaired) electrons. The molecule has 0 aliphatic carbocycles. The van der Waals surface area contributed by atoms with Gasteiger partial charge in [-0.3, -0.25) is 23.2 Å². The molecule has 1 saturated heterocycles. The maximum atomic E-state index is 12.7. The molecule has 364 valence electrons. The van der Waals surface area contributed by atoms with Crippen LogP contribution in [0.2, 0.25) is 0 Å². The van der Waals surface area contributed by atoms with Gasteiger partial charge in [-0.25, -0.2) is 9.13 Å². The van der Waals surface area contributed by atoms with Crippen LogP contribution < -0.4 is 0 Å². The molecule has 1 heterocycles. The van der Waals surface area contributed by atoms with Crippen LogP contribution in [0.5, 0.6) is 0 Å². The summed E-state index contributed by atoms with van der Waals surface area (Å²) in [5, 5.41) is 9.77.